The van der Waals surface area contributed by atoms with Crippen molar-refractivity contribution in [2.45, 2.75) is 13.1 Å². The number of benzene rings is 2. The monoisotopic (exact) mass is 365 g/mol. The summed E-state index contributed by atoms with van der Waals surface area (Å²) in [6.45, 7) is 0.850. The number of hydrogen-bond acceptors (Lipinski definition) is 4. The van der Waals surface area contributed by atoms with Gasteiger partial charge in [0.25, 0.3) is 5.91 Å². The van der Waals surface area contributed by atoms with Crippen LogP contribution >= 0.6 is 0 Å². The Bertz CT molecular complexity index is 913. The second-order valence-corrected chi connectivity index (χ2v) is 5.90. The molecule has 3 aromatic rings. The number of hydrogen-bond donors (Lipinski definition) is 2. The lowest BCUT2D eigenvalue weighted by Gasteiger charge is -2.10. The maximum absolute atomic E-state index is 12.9. The molecule has 2 aromatic carbocycles. The Morgan fingerprint density at radius 3 is 2.63 bits per heavy atom. The standard InChI is InChI=1S/C21H20FN3O2/c1-27-19-5-3-2-4-17(19)14-25-21(26)16-10-11-23-20(12-16)24-13-15-6-8-18(22)9-7-15/h2-12H,13-14H2,1H3,(H,23,24)(H,25,26). The van der Waals surface area contributed by atoms with Crippen molar-refractivity contribution in [1.82, 2.24) is 10.3 Å². The Morgan fingerprint density at radius 2 is 1.85 bits per heavy atom. The number of halogens is 1. The summed E-state index contributed by atoms with van der Waals surface area (Å²) >= 11 is 0. The highest BCUT2D eigenvalue weighted by Gasteiger charge is 2.09. The molecular weight excluding hydrogens is 345 g/mol. The zero-order chi connectivity index (χ0) is 19.1. The third kappa shape index (κ3) is 5.04. The molecule has 0 atom stereocenters. The minimum Gasteiger partial charge on any atom is -0.496 e. The van der Waals surface area contributed by atoms with E-state index in [-0.39, 0.29) is 11.7 Å². The first-order valence-electron chi connectivity index (χ1n) is 8.50. The minimum absolute atomic E-state index is 0.201. The van der Waals surface area contributed by atoms with E-state index < -0.39 is 0 Å². The fourth-order valence-electron chi connectivity index (χ4n) is 2.59. The maximum atomic E-state index is 12.9. The molecule has 6 heteroatoms. The first-order chi connectivity index (χ1) is 13.2. The van der Waals surface area contributed by atoms with Gasteiger partial charge in [0, 0.05) is 30.4 Å². The number of amides is 1. The van der Waals surface area contributed by atoms with E-state index in [0.717, 1.165) is 16.9 Å². The van der Waals surface area contributed by atoms with Crippen LogP contribution in [0.3, 0.4) is 0 Å². The Hall–Kier alpha value is -3.41. The Labute approximate surface area is 157 Å². The van der Waals surface area contributed by atoms with Crippen molar-refractivity contribution in [3.05, 3.63) is 89.4 Å². The molecule has 0 bridgehead atoms. The van der Waals surface area contributed by atoms with Crippen molar-refractivity contribution in [1.29, 1.82) is 0 Å². The lowest BCUT2D eigenvalue weighted by atomic mass is 10.2. The van der Waals surface area contributed by atoms with Crippen LogP contribution in [0.15, 0.2) is 66.9 Å². The van der Waals surface area contributed by atoms with Crippen LogP contribution in [0.1, 0.15) is 21.5 Å². The molecule has 3 rings (SSSR count). The van der Waals surface area contributed by atoms with E-state index in [1.165, 1.54) is 12.1 Å². The van der Waals surface area contributed by atoms with E-state index in [1.54, 1.807) is 37.6 Å². The number of nitrogens with one attached hydrogen (secondary N) is 2. The lowest BCUT2D eigenvalue weighted by Crippen LogP contribution is -2.23. The van der Waals surface area contributed by atoms with Crippen molar-refractivity contribution in [3.8, 4) is 5.75 Å². The number of para-hydroxylation sites is 1. The summed E-state index contributed by atoms with van der Waals surface area (Å²) in [4.78, 5) is 16.6. The number of methoxy groups -OCH3 is 1. The summed E-state index contributed by atoms with van der Waals surface area (Å²) in [6.07, 6.45) is 1.57. The van der Waals surface area contributed by atoms with Crippen LogP contribution in [0.2, 0.25) is 0 Å². The highest BCUT2D eigenvalue weighted by Crippen LogP contribution is 2.17. The van der Waals surface area contributed by atoms with Crippen LogP contribution < -0.4 is 15.4 Å². The number of nitrogens with zero attached hydrogens (tertiary/aromatic N) is 1. The quantitative estimate of drug-likeness (QED) is 0.669. The number of anilines is 1. The van der Waals surface area contributed by atoms with E-state index in [4.69, 9.17) is 4.74 Å². The number of carbonyl (C=O) groups excluding carboxylic acids is 1. The Kier molecular flexibility index (Phi) is 5.99. The normalized spacial score (nSPS) is 10.3. The first kappa shape index (κ1) is 18.4. The summed E-state index contributed by atoms with van der Waals surface area (Å²) in [7, 11) is 1.60. The van der Waals surface area contributed by atoms with Crippen LogP contribution in [-0.2, 0) is 13.1 Å². The molecule has 0 saturated heterocycles. The van der Waals surface area contributed by atoms with Crippen LogP contribution in [-0.4, -0.2) is 18.0 Å². The van der Waals surface area contributed by atoms with Crippen LogP contribution in [0.4, 0.5) is 10.2 Å². The molecular formula is C21H20FN3O2. The second-order valence-electron chi connectivity index (χ2n) is 5.90. The van der Waals surface area contributed by atoms with Gasteiger partial charge in [-0.05, 0) is 35.9 Å². The average Bonchev–Trinajstić information content (AvgIpc) is 2.72. The molecule has 27 heavy (non-hydrogen) atoms. The summed E-state index contributed by atoms with van der Waals surface area (Å²) in [5.74, 6) is 0.831. The molecule has 0 aliphatic heterocycles. The number of rotatable bonds is 7. The van der Waals surface area contributed by atoms with Gasteiger partial charge >= 0.3 is 0 Å². The smallest absolute Gasteiger partial charge is 0.251 e. The van der Waals surface area contributed by atoms with Crippen molar-refractivity contribution in [2.75, 3.05) is 12.4 Å². The van der Waals surface area contributed by atoms with Gasteiger partial charge in [-0.2, -0.15) is 0 Å². The van der Waals surface area contributed by atoms with Gasteiger partial charge in [0.2, 0.25) is 0 Å². The molecule has 138 valence electrons. The predicted molar refractivity (Wildman–Crippen MR) is 102 cm³/mol. The topological polar surface area (TPSA) is 63.2 Å². The van der Waals surface area contributed by atoms with Gasteiger partial charge < -0.3 is 15.4 Å². The predicted octanol–water partition coefficient (Wildman–Crippen LogP) is 3.77. The largest absolute Gasteiger partial charge is 0.496 e. The highest BCUT2D eigenvalue weighted by molar-refractivity contribution is 5.94. The van der Waals surface area contributed by atoms with Gasteiger partial charge in [-0.1, -0.05) is 30.3 Å². The summed E-state index contributed by atoms with van der Waals surface area (Å²) in [5, 5.41) is 6.02. The highest BCUT2D eigenvalue weighted by atomic mass is 19.1. The van der Waals surface area contributed by atoms with E-state index in [9.17, 15) is 9.18 Å². The molecule has 0 radical (unpaired) electrons. The fraction of sp³-hybridized carbons (Fsp3) is 0.143. The van der Waals surface area contributed by atoms with E-state index in [2.05, 4.69) is 15.6 Å². The van der Waals surface area contributed by atoms with Crippen molar-refractivity contribution in [2.24, 2.45) is 0 Å². The van der Waals surface area contributed by atoms with Crippen molar-refractivity contribution < 1.29 is 13.9 Å². The van der Waals surface area contributed by atoms with Gasteiger partial charge in [0.05, 0.1) is 7.11 Å². The Balaban J connectivity index is 1.60. The molecule has 0 unspecified atom stereocenters. The number of carbonyl (C=O) groups is 1. The second kappa shape index (κ2) is 8.80. The van der Waals surface area contributed by atoms with Gasteiger partial charge in [0.1, 0.15) is 17.4 Å². The summed E-state index contributed by atoms with van der Waals surface area (Å²) in [5.41, 5.74) is 2.32. The minimum atomic E-state index is -0.273. The number of pyridine rings is 1. The zero-order valence-electron chi connectivity index (χ0n) is 14.9. The molecule has 1 amide bonds. The van der Waals surface area contributed by atoms with Gasteiger partial charge in [-0.3, -0.25) is 4.79 Å². The fourth-order valence-corrected chi connectivity index (χ4v) is 2.59. The molecule has 1 heterocycles. The van der Waals surface area contributed by atoms with Gasteiger partial charge in [0.15, 0.2) is 0 Å². The molecule has 1 aromatic heterocycles. The number of ether oxygens (including phenoxy) is 1. The summed E-state index contributed by atoms with van der Waals surface area (Å²) in [6, 6.07) is 17.1. The van der Waals surface area contributed by atoms with E-state index in [0.29, 0.717) is 24.5 Å². The molecule has 0 aliphatic carbocycles. The third-order valence-corrected chi connectivity index (χ3v) is 4.04. The van der Waals surface area contributed by atoms with Crippen molar-refractivity contribution in [3.63, 3.8) is 0 Å². The van der Waals surface area contributed by atoms with Crippen LogP contribution in [0, 0.1) is 5.82 Å². The SMILES string of the molecule is COc1ccccc1CNC(=O)c1ccnc(NCc2ccc(F)cc2)c1. The first-order valence-corrected chi connectivity index (χ1v) is 8.50. The third-order valence-electron chi connectivity index (χ3n) is 4.04. The summed E-state index contributed by atoms with van der Waals surface area (Å²) < 4.78 is 18.2. The lowest BCUT2D eigenvalue weighted by molar-refractivity contribution is 0.0950. The van der Waals surface area contributed by atoms with Crippen LogP contribution in [0.25, 0.3) is 0 Å². The van der Waals surface area contributed by atoms with Crippen molar-refractivity contribution >= 4 is 11.7 Å². The number of aromatic nitrogens is 1. The average molecular weight is 365 g/mol. The molecule has 0 fully saturated rings. The Morgan fingerprint density at radius 1 is 1.07 bits per heavy atom. The molecule has 0 aliphatic rings. The van der Waals surface area contributed by atoms with Gasteiger partial charge in [-0.15, -0.1) is 0 Å². The molecule has 0 saturated carbocycles. The molecule has 2 N–H and O–H groups in total. The van der Waals surface area contributed by atoms with E-state index in [1.807, 2.05) is 24.3 Å². The van der Waals surface area contributed by atoms with Crippen LogP contribution in [0.5, 0.6) is 5.75 Å². The van der Waals surface area contributed by atoms with E-state index >= 15 is 0 Å². The van der Waals surface area contributed by atoms with Gasteiger partial charge in [-0.25, -0.2) is 9.37 Å². The molecule has 0 spiro atoms. The zero-order valence-corrected chi connectivity index (χ0v) is 14.9. The molecule has 5 nitrogen and oxygen atoms in total. The maximum Gasteiger partial charge on any atom is 0.251 e.